The van der Waals surface area contributed by atoms with Crippen LogP contribution in [0.5, 0.6) is 0 Å². The number of nitrogens with two attached hydrogens (primary N) is 1. The maximum atomic E-state index is 5.97. The van der Waals surface area contributed by atoms with Crippen molar-refractivity contribution in [3.8, 4) is 0 Å². The summed E-state index contributed by atoms with van der Waals surface area (Å²) in [5.41, 5.74) is 8.86. The summed E-state index contributed by atoms with van der Waals surface area (Å²) in [6.07, 6.45) is 4.95. The summed E-state index contributed by atoms with van der Waals surface area (Å²) >= 11 is 1.61. The summed E-state index contributed by atoms with van der Waals surface area (Å²) in [5.74, 6) is 0.639. The second-order valence-electron chi connectivity index (χ2n) is 4.26. The van der Waals surface area contributed by atoms with Crippen molar-refractivity contribution in [2.45, 2.75) is 38.3 Å². The average molecular weight is 238 g/mol. The van der Waals surface area contributed by atoms with Crippen LogP contribution >= 0.6 is 11.3 Å². The van der Waals surface area contributed by atoms with E-state index < -0.39 is 0 Å². The lowest BCUT2D eigenvalue weighted by Gasteiger charge is -2.18. The van der Waals surface area contributed by atoms with Crippen molar-refractivity contribution in [1.29, 1.82) is 0 Å². The fourth-order valence-corrected chi connectivity index (χ4v) is 2.51. The fourth-order valence-electron chi connectivity index (χ4n) is 1.96. The molecule has 0 spiro atoms. The molecule has 0 aromatic carbocycles. The molecule has 88 valence electrons. The van der Waals surface area contributed by atoms with E-state index in [1.807, 2.05) is 22.8 Å². The fraction of sp³-hybridized carbons (Fsp3) is 0.636. The van der Waals surface area contributed by atoms with E-state index in [2.05, 4.69) is 9.98 Å². The standard InChI is InChI=1S/C11H18N4S/c1-15(6-10-7-16-8-13-10)11(12)14-9-4-2-3-5-9/h7-9H,2-6H2,1H3,(H2,12,14). The largest absolute Gasteiger partial charge is 0.370 e. The minimum absolute atomic E-state index is 0.442. The molecule has 16 heavy (non-hydrogen) atoms. The lowest BCUT2D eigenvalue weighted by Crippen LogP contribution is -2.34. The molecule has 1 aromatic rings. The number of hydrogen-bond donors (Lipinski definition) is 1. The Hall–Kier alpha value is -1.10. The maximum absolute atomic E-state index is 5.97. The molecule has 5 heteroatoms. The van der Waals surface area contributed by atoms with Crippen LogP contribution in [0.4, 0.5) is 0 Å². The first kappa shape index (κ1) is 11.4. The third kappa shape index (κ3) is 2.95. The third-order valence-electron chi connectivity index (χ3n) is 2.91. The lowest BCUT2D eigenvalue weighted by molar-refractivity contribution is 0.480. The average Bonchev–Trinajstić information content (AvgIpc) is 2.90. The summed E-state index contributed by atoms with van der Waals surface area (Å²) < 4.78 is 0. The van der Waals surface area contributed by atoms with Gasteiger partial charge in [-0.15, -0.1) is 11.3 Å². The molecule has 0 aliphatic heterocycles. The Kier molecular flexibility index (Phi) is 3.77. The summed E-state index contributed by atoms with van der Waals surface area (Å²) in [7, 11) is 1.97. The highest BCUT2D eigenvalue weighted by molar-refractivity contribution is 7.07. The number of nitrogens with zero attached hydrogens (tertiary/aromatic N) is 3. The van der Waals surface area contributed by atoms with Crippen molar-refractivity contribution in [3.63, 3.8) is 0 Å². The van der Waals surface area contributed by atoms with Gasteiger partial charge in [-0.2, -0.15) is 0 Å². The number of guanidine groups is 1. The van der Waals surface area contributed by atoms with Crippen molar-refractivity contribution in [2.75, 3.05) is 7.05 Å². The van der Waals surface area contributed by atoms with Gasteiger partial charge in [-0.05, 0) is 12.8 Å². The Bertz CT molecular complexity index is 341. The topological polar surface area (TPSA) is 54.5 Å². The zero-order valence-corrected chi connectivity index (χ0v) is 10.4. The highest BCUT2D eigenvalue weighted by atomic mass is 32.1. The van der Waals surface area contributed by atoms with E-state index in [-0.39, 0.29) is 0 Å². The summed E-state index contributed by atoms with van der Waals surface area (Å²) in [5, 5.41) is 2.04. The predicted octanol–water partition coefficient (Wildman–Crippen LogP) is 1.83. The van der Waals surface area contributed by atoms with E-state index in [1.54, 1.807) is 11.3 Å². The van der Waals surface area contributed by atoms with E-state index in [1.165, 1.54) is 25.7 Å². The van der Waals surface area contributed by atoms with Gasteiger partial charge in [0.2, 0.25) is 0 Å². The number of thiazole rings is 1. The van der Waals surface area contributed by atoms with Gasteiger partial charge < -0.3 is 10.6 Å². The van der Waals surface area contributed by atoms with Crippen molar-refractivity contribution < 1.29 is 0 Å². The van der Waals surface area contributed by atoms with Crippen LogP contribution < -0.4 is 5.73 Å². The van der Waals surface area contributed by atoms with E-state index in [9.17, 15) is 0 Å². The molecule has 1 heterocycles. The van der Waals surface area contributed by atoms with Crippen LogP contribution in [0.1, 0.15) is 31.4 Å². The Morgan fingerprint density at radius 1 is 1.62 bits per heavy atom. The molecule has 2 N–H and O–H groups in total. The molecule has 1 aliphatic carbocycles. The zero-order valence-electron chi connectivity index (χ0n) is 9.59. The highest BCUT2D eigenvalue weighted by Gasteiger charge is 2.15. The number of aliphatic imine (C=N–C) groups is 1. The van der Waals surface area contributed by atoms with Crippen LogP contribution in [0.25, 0.3) is 0 Å². The minimum atomic E-state index is 0.442. The van der Waals surface area contributed by atoms with E-state index >= 15 is 0 Å². The lowest BCUT2D eigenvalue weighted by atomic mass is 10.3. The van der Waals surface area contributed by atoms with Gasteiger partial charge in [0.05, 0.1) is 23.8 Å². The van der Waals surface area contributed by atoms with Gasteiger partial charge in [-0.3, -0.25) is 0 Å². The van der Waals surface area contributed by atoms with Crippen LogP contribution in [0.2, 0.25) is 0 Å². The van der Waals surface area contributed by atoms with Crippen molar-refractivity contribution in [3.05, 3.63) is 16.6 Å². The third-order valence-corrected chi connectivity index (χ3v) is 3.55. The van der Waals surface area contributed by atoms with Gasteiger partial charge >= 0.3 is 0 Å². The van der Waals surface area contributed by atoms with Crippen LogP contribution in [-0.2, 0) is 6.54 Å². The molecule has 0 atom stereocenters. The Balaban J connectivity index is 1.90. The van der Waals surface area contributed by atoms with Crippen LogP contribution in [0.15, 0.2) is 15.9 Å². The minimum Gasteiger partial charge on any atom is -0.370 e. The summed E-state index contributed by atoms with van der Waals surface area (Å²) in [6.45, 7) is 0.742. The van der Waals surface area contributed by atoms with Crippen molar-refractivity contribution in [1.82, 2.24) is 9.88 Å². The highest BCUT2D eigenvalue weighted by Crippen LogP contribution is 2.20. The van der Waals surface area contributed by atoms with Gasteiger partial charge in [-0.25, -0.2) is 9.98 Å². The van der Waals surface area contributed by atoms with Gasteiger partial charge in [-0.1, -0.05) is 12.8 Å². The molecule has 1 aromatic heterocycles. The first-order valence-electron chi connectivity index (χ1n) is 5.67. The first-order valence-corrected chi connectivity index (χ1v) is 6.61. The Morgan fingerprint density at radius 3 is 3.00 bits per heavy atom. The number of aromatic nitrogens is 1. The SMILES string of the molecule is CN(Cc1cscn1)C(N)=NC1CCCC1. The molecule has 1 saturated carbocycles. The molecule has 0 unspecified atom stereocenters. The second-order valence-corrected chi connectivity index (χ2v) is 4.98. The normalized spacial score (nSPS) is 17.9. The number of rotatable bonds is 3. The van der Waals surface area contributed by atoms with Crippen LogP contribution in [0, 0.1) is 0 Å². The summed E-state index contributed by atoms with van der Waals surface area (Å²) in [6, 6.07) is 0.442. The van der Waals surface area contributed by atoms with Crippen LogP contribution in [-0.4, -0.2) is 28.9 Å². The molecule has 0 saturated heterocycles. The van der Waals surface area contributed by atoms with Gasteiger partial charge in [0.1, 0.15) is 0 Å². The van der Waals surface area contributed by atoms with Gasteiger partial charge in [0.25, 0.3) is 0 Å². The molecule has 2 rings (SSSR count). The molecule has 1 aliphatic rings. The first-order chi connectivity index (χ1) is 7.75. The summed E-state index contributed by atoms with van der Waals surface area (Å²) in [4.78, 5) is 10.8. The van der Waals surface area contributed by atoms with Crippen molar-refractivity contribution in [2.24, 2.45) is 10.7 Å². The molecule has 0 radical (unpaired) electrons. The van der Waals surface area contributed by atoms with Crippen molar-refractivity contribution >= 4 is 17.3 Å². The van der Waals surface area contributed by atoms with E-state index in [0.29, 0.717) is 12.0 Å². The Labute approximate surface area is 100 Å². The quantitative estimate of drug-likeness (QED) is 0.645. The molecule has 1 fully saturated rings. The van der Waals surface area contributed by atoms with Crippen LogP contribution in [0.3, 0.4) is 0 Å². The van der Waals surface area contributed by atoms with E-state index in [0.717, 1.165) is 12.2 Å². The smallest absolute Gasteiger partial charge is 0.191 e. The van der Waals surface area contributed by atoms with Gasteiger partial charge in [0, 0.05) is 12.4 Å². The Morgan fingerprint density at radius 2 is 2.38 bits per heavy atom. The van der Waals surface area contributed by atoms with Gasteiger partial charge in [0.15, 0.2) is 5.96 Å². The molecular formula is C11H18N4S. The van der Waals surface area contributed by atoms with E-state index in [4.69, 9.17) is 5.73 Å². The maximum Gasteiger partial charge on any atom is 0.191 e. The zero-order chi connectivity index (χ0) is 11.4. The number of hydrogen-bond acceptors (Lipinski definition) is 3. The molecular weight excluding hydrogens is 220 g/mol. The molecule has 4 nitrogen and oxygen atoms in total. The second kappa shape index (κ2) is 5.30. The monoisotopic (exact) mass is 238 g/mol. The molecule has 0 bridgehead atoms. The molecule has 0 amide bonds. The predicted molar refractivity (Wildman–Crippen MR) is 67.5 cm³/mol.